The van der Waals surface area contributed by atoms with Gasteiger partial charge < -0.3 is 15.0 Å². The molecular weight excluding hydrogens is 557 g/mol. The number of halogens is 2. The van der Waals surface area contributed by atoms with Crippen LogP contribution in [0.1, 0.15) is 26.3 Å². The molecule has 0 unspecified atom stereocenters. The van der Waals surface area contributed by atoms with E-state index < -0.39 is 40.2 Å². The molecule has 0 saturated carbocycles. The Morgan fingerprint density at radius 1 is 0.975 bits per heavy atom. The molecule has 214 valence electrons. The van der Waals surface area contributed by atoms with Gasteiger partial charge in [-0.2, -0.15) is 0 Å². The van der Waals surface area contributed by atoms with Crippen molar-refractivity contribution in [3.05, 3.63) is 89.2 Å². The molecule has 8 nitrogen and oxygen atoms in total. The standard InChI is InChI=1S/C29H33ClFN3O5S/c1-20(2)17-32-29(36)21(3)33(18-22-7-5-6-8-27(22)31)28(35)19-34(24-11-9-23(30)10-12-24)40(37,38)26-15-13-25(39-4)14-16-26/h5-16,20-21H,17-19H2,1-4H3,(H,32,36)/t21-/m0/s1. The first kappa shape index (κ1) is 30.9. The highest BCUT2D eigenvalue weighted by molar-refractivity contribution is 7.92. The van der Waals surface area contributed by atoms with E-state index in [0.717, 1.165) is 4.31 Å². The summed E-state index contributed by atoms with van der Waals surface area (Å²) >= 11 is 6.03. The second kappa shape index (κ2) is 13.6. The number of anilines is 1. The topological polar surface area (TPSA) is 96.0 Å². The Morgan fingerprint density at radius 2 is 1.60 bits per heavy atom. The number of carbonyl (C=O) groups excluding carboxylic acids is 2. The molecular formula is C29H33ClFN3O5S. The van der Waals surface area contributed by atoms with Crippen molar-refractivity contribution in [2.75, 3.05) is 24.5 Å². The summed E-state index contributed by atoms with van der Waals surface area (Å²) in [7, 11) is -2.79. The van der Waals surface area contributed by atoms with Gasteiger partial charge in [0.05, 0.1) is 17.7 Å². The normalized spacial score (nSPS) is 12.1. The third-order valence-corrected chi connectivity index (χ3v) is 8.23. The van der Waals surface area contributed by atoms with E-state index in [1.807, 2.05) is 13.8 Å². The summed E-state index contributed by atoms with van der Waals surface area (Å²) < 4.78 is 48.3. The fourth-order valence-corrected chi connectivity index (χ4v) is 5.40. The fourth-order valence-electron chi connectivity index (χ4n) is 3.86. The van der Waals surface area contributed by atoms with Crippen molar-refractivity contribution < 1.29 is 27.1 Å². The van der Waals surface area contributed by atoms with E-state index in [1.54, 1.807) is 6.07 Å². The van der Waals surface area contributed by atoms with E-state index in [-0.39, 0.29) is 28.6 Å². The summed E-state index contributed by atoms with van der Waals surface area (Å²) in [6.07, 6.45) is 0. The van der Waals surface area contributed by atoms with E-state index in [1.165, 1.54) is 85.7 Å². The number of nitrogens with zero attached hydrogens (tertiary/aromatic N) is 2. The average molecular weight is 590 g/mol. The Morgan fingerprint density at radius 3 is 2.17 bits per heavy atom. The predicted molar refractivity (Wildman–Crippen MR) is 153 cm³/mol. The molecule has 0 bridgehead atoms. The minimum atomic E-state index is -4.26. The lowest BCUT2D eigenvalue weighted by Gasteiger charge is -2.32. The average Bonchev–Trinajstić information content (AvgIpc) is 2.94. The van der Waals surface area contributed by atoms with Gasteiger partial charge in [0.25, 0.3) is 10.0 Å². The van der Waals surface area contributed by atoms with Crippen LogP contribution in [0.5, 0.6) is 5.75 Å². The molecule has 1 N–H and O–H groups in total. The Hall–Kier alpha value is -3.63. The van der Waals surface area contributed by atoms with Crippen molar-refractivity contribution in [2.45, 2.75) is 38.3 Å². The number of carbonyl (C=O) groups is 2. The van der Waals surface area contributed by atoms with Gasteiger partial charge in [-0.15, -0.1) is 0 Å². The Balaban J connectivity index is 2.02. The zero-order chi connectivity index (χ0) is 29.4. The van der Waals surface area contributed by atoms with Crippen LogP contribution in [0.4, 0.5) is 10.1 Å². The molecule has 3 aromatic rings. The minimum absolute atomic E-state index is 0.0700. The predicted octanol–water partition coefficient (Wildman–Crippen LogP) is 4.87. The summed E-state index contributed by atoms with van der Waals surface area (Å²) in [5, 5.41) is 3.17. The minimum Gasteiger partial charge on any atom is -0.497 e. The van der Waals surface area contributed by atoms with E-state index in [2.05, 4.69) is 5.32 Å². The largest absolute Gasteiger partial charge is 0.497 e. The molecule has 0 aliphatic heterocycles. The van der Waals surface area contributed by atoms with Gasteiger partial charge in [-0.1, -0.05) is 43.6 Å². The van der Waals surface area contributed by atoms with E-state index >= 15 is 0 Å². The van der Waals surface area contributed by atoms with Crippen molar-refractivity contribution in [3.63, 3.8) is 0 Å². The molecule has 3 rings (SSSR count). The number of methoxy groups -OCH3 is 1. The van der Waals surface area contributed by atoms with Crippen molar-refractivity contribution in [2.24, 2.45) is 5.92 Å². The second-order valence-electron chi connectivity index (χ2n) is 9.59. The summed E-state index contributed by atoms with van der Waals surface area (Å²) in [6.45, 7) is 4.89. The number of hydrogen-bond acceptors (Lipinski definition) is 5. The third-order valence-electron chi connectivity index (χ3n) is 6.19. The number of ether oxygens (including phenoxy) is 1. The molecule has 0 aromatic heterocycles. The maximum Gasteiger partial charge on any atom is 0.264 e. The van der Waals surface area contributed by atoms with Gasteiger partial charge in [-0.3, -0.25) is 13.9 Å². The highest BCUT2D eigenvalue weighted by atomic mass is 35.5. The van der Waals surface area contributed by atoms with Crippen LogP contribution in [0.15, 0.2) is 77.7 Å². The second-order valence-corrected chi connectivity index (χ2v) is 11.9. The lowest BCUT2D eigenvalue weighted by atomic mass is 10.1. The molecule has 11 heteroatoms. The quantitative estimate of drug-likeness (QED) is 0.325. The van der Waals surface area contributed by atoms with Crippen LogP contribution in [0.25, 0.3) is 0 Å². The molecule has 0 heterocycles. The number of nitrogens with one attached hydrogen (secondary N) is 1. The van der Waals surface area contributed by atoms with Crippen molar-refractivity contribution >= 4 is 39.1 Å². The van der Waals surface area contributed by atoms with Crippen LogP contribution in [0, 0.1) is 11.7 Å². The zero-order valence-electron chi connectivity index (χ0n) is 22.8. The number of amides is 2. The number of sulfonamides is 1. The Bertz CT molecular complexity index is 1420. The SMILES string of the molecule is COc1ccc(S(=O)(=O)N(CC(=O)N(Cc2ccccc2F)[C@@H](C)C(=O)NCC(C)C)c2ccc(Cl)cc2)cc1. The Labute approximate surface area is 239 Å². The molecule has 0 fully saturated rings. The molecule has 0 aliphatic rings. The Kier molecular flexibility index (Phi) is 10.5. The first-order valence-corrected chi connectivity index (χ1v) is 14.5. The molecule has 0 saturated heterocycles. The van der Waals surface area contributed by atoms with Gasteiger partial charge in [0.1, 0.15) is 24.2 Å². The van der Waals surface area contributed by atoms with Crippen molar-refractivity contribution in [1.82, 2.24) is 10.2 Å². The van der Waals surface area contributed by atoms with Crippen LogP contribution >= 0.6 is 11.6 Å². The summed E-state index contributed by atoms with van der Waals surface area (Å²) in [6, 6.07) is 16.6. The molecule has 40 heavy (non-hydrogen) atoms. The maximum absolute atomic E-state index is 14.6. The van der Waals surface area contributed by atoms with Crippen molar-refractivity contribution in [1.29, 1.82) is 0 Å². The van der Waals surface area contributed by atoms with Gasteiger partial charge in [0, 0.05) is 23.7 Å². The third kappa shape index (κ3) is 7.73. The lowest BCUT2D eigenvalue weighted by Crippen LogP contribution is -2.51. The van der Waals surface area contributed by atoms with Gasteiger partial charge in [0.15, 0.2) is 0 Å². The maximum atomic E-state index is 14.6. The monoisotopic (exact) mass is 589 g/mol. The van der Waals surface area contributed by atoms with Gasteiger partial charge in [-0.05, 0) is 67.4 Å². The van der Waals surface area contributed by atoms with E-state index in [0.29, 0.717) is 17.3 Å². The van der Waals surface area contributed by atoms with Crippen LogP contribution in [0.2, 0.25) is 5.02 Å². The highest BCUT2D eigenvalue weighted by Crippen LogP contribution is 2.27. The fraction of sp³-hybridized carbons (Fsp3) is 0.310. The molecule has 0 aliphatic carbocycles. The highest BCUT2D eigenvalue weighted by Gasteiger charge is 2.33. The number of benzene rings is 3. The number of rotatable bonds is 12. The van der Waals surface area contributed by atoms with Crippen molar-refractivity contribution in [3.8, 4) is 5.75 Å². The van der Waals surface area contributed by atoms with E-state index in [9.17, 15) is 22.4 Å². The molecule has 3 aromatic carbocycles. The van der Waals surface area contributed by atoms with Crippen LogP contribution in [-0.4, -0.2) is 51.4 Å². The summed E-state index contributed by atoms with van der Waals surface area (Å²) in [5.74, 6) is -1.04. The number of hydrogen-bond donors (Lipinski definition) is 1. The molecule has 2 amide bonds. The van der Waals surface area contributed by atoms with E-state index in [4.69, 9.17) is 16.3 Å². The summed E-state index contributed by atoms with van der Waals surface area (Å²) in [4.78, 5) is 27.9. The first-order valence-electron chi connectivity index (χ1n) is 12.7. The van der Waals surface area contributed by atoms with Crippen LogP contribution in [0.3, 0.4) is 0 Å². The van der Waals surface area contributed by atoms with Gasteiger partial charge in [-0.25, -0.2) is 12.8 Å². The smallest absolute Gasteiger partial charge is 0.264 e. The molecule has 0 spiro atoms. The van der Waals surface area contributed by atoms with Crippen LogP contribution < -0.4 is 14.4 Å². The van der Waals surface area contributed by atoms with Gasteiger partial charge >= 0.3 is 0 Å². The lowest BCUT2D eigenvalue weighted by molar-refractivity contribution is -0.139. The van der Waals surface area contributed by atoms with Gasteiger partial charge in [0.2, 0.25) is 11.8 Å². The van der Waals surface area contributed by atoms with Crippen LogP contribution in [-0.2, 0) is 26.2 Å². The zero-order valence-corrected chi connectivity index (χ0v) is 24.4. The molecule has 1 atom stereocenters. The summed E-state index contributed by atoms with van der Waals surface area (Å²) in [5.41, 5.74) is 0.381. The molecule has 0 radical (unpaired) electrons. The first-order chi connectivity index (χ1) is 18.9.